The van der Waals surface area contributed by atoms with Crippen molar-refractivity contribution in [3.63, 3.8) is 0 Å². The summed E-state index contributed by atoms with van der Waals surface area (Å²) in [5.41, 5.74) is 0. The molecule has 0 aliphatic heterocycles. The Labute approximate surface area is 97.5 Å². The van der Waals surface area contributed by atoms with Crippen LogP contribution in [0.25, 0.3) is 0 Å². The molecule has 0 saturated heterocycles. The molecule has 0 atom stereocenters. The molecule has 0 unspecified atom stereocenters. The Morgan fingerprint density at radius 3 is 3.06 bits per heavy atom. The summed E-state index contributed by atoms with van der Waals surface area (Å²) in [5.74, 6) is 1.14. The third-order valence-electron chi connectivity index (χ3n) is 1.80. The van der Waals surface area contributed by atoms with Gasteiger partial charge in [-0.15, -0.1) is 11.3 Å². The highest BCUT2D eigenvalue weighted by Gasteiger charge is 2.00. The first kappa shape index (κ1) is 10.8. The van der Waals surface area contributed by atoms with Crippen molar-refractivity contribution in [2.45, 2.75) is 13.5 Å². The van der Waals surface area contributed by atoms with Crippen LogP contribution in [0.5, 0.6) is 5.88 Å². The summed E-state index contributed by atoms with van der Waals surface area (Å²) in [6, 6.07) is 1.73. The molecule has 2 aromatic heterocycles. The number of anilines is 1. The fourth-order valence-corrected chi connectivity index (χ4v) is 1.71. The monoisotopic (exact) mass is 236 g/mol. The number of nitrogens with zero attached hydrogens (tertiary/aromatic N) is 3. The number of hydrogen-bond donors (Lipinski definition) is 1. The quantitative estimate of drug-likeness (QED) is 0.859. The van der Waals surface area contributed by atoms with E-state index < -0.39 is 0 Å². The lowest BCUT2D eigenvalue weighted by molar-refractivity contribution is 0.326. The Kier molecular flexibility index (Phi) is 3.66. The highest BCUT2D eigenvalue weighted by molar-refractivity contribution is 7.09. The van der Waals surface area contributed by atoms with Crippen LogP contribution in [0, 0.1) is 0 Å². The highest BCUT2D eigenvalue weighted by atomic mass is 32.1. The molecule has 2 rings (SSSR count). The first-order valence-electron chi connectivity index (χ1n) is 4.96. The summed E-state index contributed by atoms with van der Waals surface area (Å²) in [4.78, 5) is 12.4. The molecular formula is C10H12N4OS. The maximum absolute atomic E-state index is 5.28. The lowest BCUT2D eigenvalue weighted by Gasteiger charge is -2.04. The fraction of sp³-hybridized carbons (Fsp3) is 0.300. The zero-order chi connectivity index (χ0) is 11.2. The van der Waals surface area contributed by atoms with Crippen LogP contribution in [-0.2, 0) is 6.54 Å². The lowest BCUT2D eigenvalue weighted by Crippen LogP contribution is -2.04. The molecule has 2 aromatic rings. The molecule has 0 fully saturated rings. The van der Waals surface area contributed by atoms with Crippen molar-refractivity contribution in [1.29, 1.82) is 0 Å². The topological polar surface area (TPSA) is 59.9 Å². The van der Waals surface area contributed by atoms with E-state index in [1.54, 1.807) is 29.8 Å². The van der Waals surface area contributed by atoms with Gasteiger partial charge in [-0.25, -0.2) is 9.97 Å². The van der Waals surface area contributed by atoms with Gasteiger partial charge in [-0.2, -0.15) is 4.98 Å². The van der Waals surface area contributed by atoms with E-state index in [-0.39, 0.29) is 0 Å². The second kappa shape index (κ2) is 5.41. The molecule has 0 radical (unpaired) electrons. The second-order valence-electron chi connectivity index (χ2n) is 2.93. The molecule has 0 spiro atoms. The van der Waals surface area contributed by atoms with E-state index in [0.29, 0.717) is 25.0 Å². The molecule has 0 aliphatic carbocycles. The van der Waals surface area contributed by atoms with Gasteiger partial charge in [0.25, 0.3) is 0 Å². The van der Waals surface area contributed by atoms with Gasteiger partial charge in [0.1, 0.15) is 5.01 Å². The van der Waals surface area contributed by atoms with Crippen LogP contribution in [0.3, 0.4) is 0 Å². The first-order chi connectivity index (χ1) is 7.88. The predicted molar refractivity (Wildman–Crippen MR) is 62.6 cm³/mol. The zero-order valence-electron chi connectivity index (χ0n) is 8.88. The van der Waals surface area contributed by atoms with Crippen LogP contribution >= 0.6 is 11.3 Å². The average Bonchev–Trinajstić information content (AvgIpc) is 2.80. The van der Waals surface area contributed by atoms with Crippen LogP contribution in [0.15, 0.2) is 23.8 Å². The summed E-state index contributed by atoms with van der Waals surface area (Å²) >= 11 is 1.60. The van der Waals surface area contributed by atoms with Crippen molar-refractivity contribution in [2.24, 2.45) is 0 Å². The van der Waals surface area contributed by atoms with Gasteiger partial charge in [-0.05, 0) is 6.92 Å². The molecular weight excluding hydrogens is 224 g/mol. The molecule has 84 valence electrons. The van der Waals surface area contributed by atoms with Gasteiger partial charge < -0.3 is 10.1 Å². The van der Waals surface area contributed by atoms with Crippen LogP contribution in [0.2, 0.25) is 0 Å². The largest absolute Gasteiger partial charge is 0.478 e. The number of aromatic nitrogens is 3. The summed E-state index contributed by atoms with van der Waals surface area (Å²) < 4.78 is 5.28. The minimum absolute atomic E-state index is 0.557. The number of thiazole rings is 1. The fourth-order valence-electron chi connectivity index (χ4n) is 1.15. The van der Waals surface area contributed by atoms with E-state index in [1.165, 1.54) is 0 Å². The van der Waals surface area contributed by atoms with E-state index in [1.807, 2.05) is 12.3 Å². The molecule has 2 heterocycles. The zero-order valence-corrected chi connectivity index (χ0v) is 9.70. The maximum Gasteiger partial charge on any atom is 0.226 e. The van der Waals surface area contributed by atoms with Gasteiger partial charge in [0.15, 0.2) is 0 Å². The molecule has 16 heavy (non-hydrogen) atoms. The van der Waals surface area contributed by atoms with Crippen molar-refractivity contribution in [3.05, 3.63) is 28.8 Å². The van der Waals surface area contributed by atoms with Gasteiger partial charge in [0.05, 0.1) is 13.2 Å². The molecule has 0 bridgehead atoms. The van der Waals surface area contributed by atoms with Crippen LogP contribution in [-0.4, -0.2) is 21.6 Å². The van der Waals surface area contributed by atoms with Crippen LogP contribution in [0.1, 0.15) is 11.9 Å². The summed E-state index contributed by atoms with van der Waals surface area (Å²) in [5, 5.41) is 6.04. The number of rotatable bonds is 5. The molecule has 0 aromatic carbocycles. The third kappa shape index (κ3) is 2.90. The van der Waals surface area contributed by atoms with Gasteiger partial charge in [0.2, 0.25) is 11.8 Å². The lowest BCUT2D eigenvalue weighted by atomic mass is 10.6. The van der Waals surface area contributed by atoms with Gasteiger partial charge in [-0.3, -0.25) is 0 Å². The molecule has 0 aliphatic rings. The Morgan fingerprint density at radius 2 is 2.31 bits per heavy atom. The number of nitrogens with one attached hydrogen (secondary N) is 1. The van der Waals surface area contributed by atoms with Crippen molar-refractivity contribution >= 4 is 17.3 Å². The Bertz CT molecular complexity index is 432. The summed E-state index contributed by atoms with van der Waals surface area (Å²) in [7, 11) is 0. The van der Waals surface area contributed by atoms with Crippen molar-refractivity contribution in [2.75, 3.05) is 11.9 Å². The van der Waals surface area contributed by atoms with Crippen molar-refractivity contribution < 1.29 is 4.74 Å². The summed E-state index contributed by atoms with van der Waals surface area (Å²) in [6.07, 6.45) is 3.45. The maximum atomic E-state index is 5.28. The molecule has 0 saturated carbocycles. The Hall–Kier alpha value is -1.69. The minimum Gasteiger partial charge on any atom is -0.478 e. The highest BCUT2D eigenvalue weighted by Crippen LogP contribution is 2.10. The molecule has 0 amide bonds. The van der Waals surface area contributed by atoms with E-state index >= 15 is 0 Å². The van der Waals surface area contributed by atoms with Crippen LogP contribution in [0.4, 0.5) is 5.95 Å². The normalized spacial score (nSPS) is 10.1. The van der Waals surface area contributed by atoms with Crippen LogP contribution < -0.4 is 10.1 Å². The number of ether oxygens (including phenoxy) is 1. The van der Waals surface area contributed by atoms with Gasteiger partial charge in [-0.1, -0.05) is 0 Å². The third-order valence-corrected chi connectivity index (χ3v) is 2.58. The van der Waals surface area contributed by atoms with Gasteiger partial charge >= 0.3 is 0 Å². The standard InChI is InChI=1S/C10H12N4OS/c1-2-15-8-3-4-12-10(14-8)13-7-9-11-5-6-16-9/h3-6H,2,7H2,1H3,(H,12,13,14). The SMILES string of the molecule is CCOc1ccnc(NCc2nccs2)n1. The molecule has 5 nitrogen and oxygen atoms in total. The minimum atomic E-state index is 0.557. The van der Waals surface area contributed by atoms with E-state index in [2.05, 4.69) is 20.3 Å². The first-order valence-corrected chi connectivity index (χ1v) is 5.84. The van der Waals surface area contributed by atoms with E-state index in [9.17, 15) is 0 Å². The Morgan fingerprint density at radius 1 is 1.38 bits per heavy atom. The summed E-state index contributed by atoms with van der Waals surface area (Å²) in [6.45, 7) is 3.15. The van der Waals surface area contributed by atoms with Crippen molar-refractivity contribution in [3.8, 4) is 5.88 Å². The molecule has 6 heteroatoms. The second-order valence-corrected chi connectivity index (χ2v) is 3.91. The van der Waals surface area contributed by atoms with Crippen molar-refractivity contribution in [1.82, 2.24) is 15.0 Å². The molecule has 1 N–H and O–H groups in total. The predicted octanol–water partition coefficient (Wildman–Crippen LogP) is 1.94. The Balaban J connectivity index is 1.96. The van der Waals surface area contributed by atoms with E-state index in [4.69, 9.17) is 4.74 Å². The van der Waals surface area contributed by atoms with E-state index in [0.717, 1.165) is 5.01 Å². The number of hydrogen-bond acceptors (Lipinski definition) is 6. The average molecular weight is 236 g/mol. The smallest absolute Gasteiger partial charge is 0.226 e. The van der Waals surface area contributed by atoms with Gasteiger partial charge in [0, 0.05) is 23.8 Å².